The minimum Gasteiger partial charge on any atom is -0.355 e. The lowest BCUT2D eigenvalue weighted by molar-refractivity contribution is -0.123. The van der Waals surface area contributed by atoms with E-state index in [-0.39, 0.29) is 23.7 Å². The number of carbonyl (C=O) groups is 2. The first-order chi connectivity index (χ1) is 15.6. The standard InChI is InChI=1S/C28H38N2O2/c1-3-25(23-11-7-5-8-12-23)27(31)29-19-21-15-17-22(18-16-21)20-30-28(32)26(4-2)24-13-9-6-10-14-24/h5-14,21-22,25-26H,3-4,15-20H2,1-2H3,(H,29,31)(H,30,32). The van der Waals surface area contributed by atoms with Crippen LogP contribution in [0, 0.1) is 11.8 Å². The molecule has 2 atom stereocenters. The number of benzene rings is 2. The number of rotatable bonds is 10. The highest BCUT2D eigenvalue weighted by atomic mass is 16.2. The minimum atomic E-state index is -0.0705. The summed E-state index contributed by atoms with van der Waals surface area (Å²) >= 11 is 0. The van der Waals surface area contributed by atoms with Crippen LogP contribution in [-0.2, 0) is 9.59 Å². The molecule has 2 amide bonds. The van der Waals surface area contributed by atoms with Crippen molar-refractivity contribution >= 4 is 11.8 Å². The van der Waals surface area contributed by atoms with Crippen LogP contribution in [0.1, 0.15) is 75.3 Å². The van der Waals surface area contributed by atoms with Crippen molar-refractivity contribution in [2.24, 2.45) is 11.8 Å². The summed E-state index contributed by atoms with van der Waals surface area (Å²) in [5.41, 5.74) is 2.18. The molecule has 0 radical (unpaired) electrons. The molecule has 0 heterocycles. The second-order valence-corrected chi connectivity index (χ2v) is 9.12. The zero-order valence-electron chi connectivity index (χ0n) is 19.6. The predicted molar refractivity (Wildman–Crippen MR) is 130 cm³/mol. The Hall–Kier alpha value is -2.62. The summed E-state index contributed by atoms with van der Waals surface area (Å²) in [4.78, 5) is 25.4. The Bertz CT molecular complexity index is 758. The maximum atomic E-state index is 12.7. The molecule has 2 aromatic carbocycles. The van der Waals surface area contributed by atoms with Gasteiger partial charge in [-0.3, -0.25) is 9.59 Å². The van der Waals surface area contributed by atoms with Gasteiger partial charge in [-0.25, -0.2) is 0 Å². The second-order valence-electron chi connectivity index (χ2n) is 9.12. The number of nitrogens with one attached hydrogen (secondary N) is 2. The monoisotopic (exact) mass is 434 g/mol. The van der Waals surface area contributed by atoms with E-state index >= 15 is 0 Å². The van der Waals surface area contributed by atoms with Gasteiger partial charge in [0.1, 0.15) is 0 Å². The lowest BCUT2D eigenvalue weighted by Crippen LogP contribution is -2.37. The molecule has 4 nitrogen and oxygen atoms in total. The molecule has 4 heteroatoms. The van der Waals surface area contributed by atoms with E-state index in [0.29, 0.717) is 11.8 Å². The smallest absolute Gasteiger partial charge is 0.227 e. The second kappa shape index (κ2) is 12.4. The summed E-state index contributed by atoms with van der Waals surface area (Å²) < 4.78 is 0. The van der Waals surface area contributed by atoms with Crippen molar-refractivity contribution in [2.75, 3.05) is 13.1 Å². The number of carbonyl (C=O) groups excluding carboxylic acids is 2. The molecule has 172 valence electrons. The Morgan fingerprint density at radius 3 is 1.34 bits per heavy atom. The number of amides is 2. The highest BCUT2D eigenvalue weighted by molar-refractivity contribution is 5.84. The summed E-state index contributed by atoms with van der Waals surface area (Å²) in [5.74, 6) is 1.20. The third-order valence-corrected chi connectivity index (χ3v) is 6.95. The fraction of sp³-hybridized carbons (Fsp3) is 0.500. The molecular weight excluding hydrogens is 396 g/mol. The molecule has 1 aliphatic carbocycles. The Kier molecular flexibility index (Phi) is 9.33. The molecule has 0 saturated heterocycles. The average Bonchev–Trinajstić information content (AvgIpc) is 2.84. The van der Waals surface area contributed by atoms with E-state index in [4.69, 9.17) is 0 Å². The van der Waals surface area contributed by atoms with E-state index in [1.54, 1.807) is 0 Å². The van der Waals surface area contributed by atoms with Gasteiger partial charge in [-0.15, -0.1) is 0 Å². The highest BCUT2D eigenvalue weighted by Crippen LogP contribution is 2.29. The fourth-order valence-corrected chi connectivity index (χ4v) is 4.89. The molecule has 2 N–H and O–H groups in total. The van der Waals surface area contributed by atoms with E-state index in [9.17, 15) is 9.59 Å². The maximum Gasteiger partial charge on any atom is 0.227 e. The first-order valence-electron chi connectivity index (χ1n) is 12.3. The molecular formula is C28H38N2O2. The molecule has 1 saturated carbocycles. The Balaban J connectivity index is 1.38. The normalized spacial score (nSPS) is 20.2. The summed E-state index contributed by atoms with van der Waals surface area (Å²) in [5, 5.41) is 6.40. The first kappa shape index (κ1) is 24.0. The van der Waals surface area contributed by atoms with E-state index < -0.39 is 0 Å². The van der Waals surface area contributed by atoms with Gasteiger partial charge in [0.2, 0.25) is 11.8 Å². The molecule has 3 rings (SSSR count). The largest absolute Gasteiger partial charge is 0.355 e. The minimum absolute atomic E-state index is 0.0705. The van der Waals surface area contributed by atoms with Gasteiger partial charge in [0, 0.05) is 13.1 Å². The van der Waals surface area contributed by atoms with Crippen LogP contribution in [0.15, 0.2) is 60.7 Å². The molecule has 0 aromatic heterocycles. The third kappa shape index (κ3) is 6.69. The van der Waals surface area contributed by atoms with Gasteiger partial charge in [0.15, 0.2) is 0 Å². The van der Waals surface area contributed by atoms with Crippen molar-refractivity contribution in [3.63, 3.8) is 0 Å². The quantitative estimate of drug-likeness (QED) is 0.525. The van der Waals surface area contributed by atoms with Crippen molar-refractivity contribution in [3.05, 3.63) is 71.8 Å². The van der Waals surface area contributed by atoms with Crippen LogP contribution in [0.3, 0.4) is 0 Å². The van der Waals surface area contributed by atoms with Gasteiger partial charge in [-0.05, 0) is 61.5 Å². The van der Waals surface area contributed by atoms with Gasteiger partial charge in [-0.1, -0.05) is 74.5 Å². The van der Waals surface area contributed by atoms with Gasteiger partial charge in [-0.2, -0.15) is 0 Å². The summed E-state index contributed by atoms with van der Waals surface area (Å²) in [6.45, 7) is 5.65. The molecule has 0 spiro atoms. The van der Waals surface area contributed by atoms with E-state index in [1.807, 2.05) is 60.7 Å². The van der Waals surface area contributed by atoms with Crippen LogP contribution < -0.4 is 10.6 Å². The van der Waals surface area contributed by atoms with Gasteiger partial charge < -0.3 is 10.6 Å². The molecule has 2 unspecified atom stereocenters. The molecule has 0 aliphatic heterocycles. The lowest BCUT2D eigenvalue weighted by atomic mass is 9.81. The summed E-state index contributed by atoms with van der Waals surface area (Å²) in [6, 6.07) is 20.1. The molecule has 32 heavy (non-hydrogen) atoms. The maximum absolute atomic E-state index is 12.7. The van der Waals surface area contributed by atoms with Crippen LogP contribution in [0.25, 0.3) is 0 Å². The van der Waals surface area contributed by atoms with Crippen LogP contribution in [0.5, 0.6) is 0 Å². The lowest BCUT2D eigenvalue weighted by Gasteiger charge is -2.29. The van der Waals surface area contributed by atoms with Crippen LogP contribution >= 0.6 is 0 Å². The third-order valence-electron chi connectivity index (χ3n) is 6.95. The van der Waals surface area contributed by atoms with Crippen LogP contribution in [0.4, 0.5) is 0 Å². The Morgan fingerprint density at radius 1 is 0.688 bits per heavy atom. The fourth-order valence-electron chi connectivity index (χ4n) is 4.89. The predicted octanol–water partition coefficient (Wildman–Crippen LogP) is 5.41. The van der Waals surface area contributed by atoms with Gasteiger partial charge in [0.05, 0.1) is 11.8 Å². The summed E-state index contributed by atoms with van der Waals surface area (Å²) in [6.07, 6.45) is 6.06. The van der Waals surface area contributed by atoms with Crippen molar-refractivity contribution in [3.8, 4) is 0 Å². The van der Waals surface area contributed by atoms with Crippen molar-refractivity contribution < 1.29 is 9.59 Å². The molecule has 2 aromatic rings. The van der Waals surface area contributed by atoms with Gasteiger partial charge in [0.25, 0.3) is 0 Å². The van der Waals surface area contributed by atoms with Crippen molar-refractivity contribution in [2.45, 2.75) is 64.2 Å². The molecule has 0 bridgehead atoms. The zero-order chi connectivity index (χ0) is 22.8. The molecule has 1 fully saturated rings. The highest BCUT2D eigenvalue weighted by Gasteiger charge is 2.25. The van der Waals surface area contributed by atoms with Crippen LogP contribution in [-0.4, -0.2) is 24.9 Å². The average molecular weight is 435 g/mol. The van der Waals surface area contributed by atoms with E-state index in [0.717, 1.165) is 62.7 Å². The number of hydrogen-bond acceptors (Lipinski definition) is 2. The Labute approximate surface area is 193 Å². The Morgan fingerprint density at radius 2 is 1.03 bits per heavy atom. The van der Waals surface area contributed by atoms with Crippen molar-refractivity contribution in [1.82, 2.24) is 10.6 Å². The SMILES string of the molecule is CCC(C(=O)NCC1CCC(CNC(=O)C(CC)c2ccccc2)CC1)c1ccccc1. The van der Waals surface area contributed by atoms with Gasteiger partial charge >= 0.3 is 0 Å². The van der Waals surface area contributed by atoms with Crippen LogP contribution in [0.2, 0.25) is 0 Å². The number of hydrogen-bond donors (Lipinski definition) is 2. The van der Waals surface area contributed by atoms with E-state index in [1.165, 1.54) is 0 Å². The first-order valence-corrected chi connectivity index (χ1v) is 12.3. The molecule has 1 aliphatic rings. The summed E-state index contributed by atoms with van der Waals surface area (Å²) in [7, 11) is 0. The topological polar surface area (TPSA) is 58.2 Å². The van der Waals surface area contributed by atoms with E-state index in [2.05, 4.69) is 24.5 Å². The van der Waals surface area contributed by atoms with Crippen molar-refractivity contribution in [1.29, 1.82) is 0 Å². The zero-order valence-corrected chi connectivity index (χ0v) is 19.6.